The molecule has 3 aromatic rings. The average Bonchev–Trinajstić information content (AvgIpc) is 3.24. The molecule has 0 unspecified atom stereocenters. The monoisotopic (exact) mass is 443 g/mol. The summed E-state index contributed by atoms with van der Waals surface area (Å²) in [6.07, 6.45) is 3.24. The second-order valence-corrected chi connectivity index (χ2v) is 10.3. The minimum absolute atomic E-state index is 0.165. The number of nitrogens with zero attached hydrogens (tertiary/aromatic N) is 5. The van der Waals surface area contributed by atoms with Gasteiger partial charge in [0.05, 0.1) is 22.0 Å². The van der Waals surface area contributed by atoms with Crippen LogP contribution in [0.4, 0.5) is 11.8 Å². The van der Waals surface area contributed by atoms with Crippen LogP contribution in [-0.4, -0.2) is 53.0 Å². The van der Waals surface area contributed by atoms with Gasteiger partial charge in [-0.2, -0.15) is 0 Å². The molecule has 2 aromatic heterocycles. The standard InChI is InChI=1S/C20H25N7O3S/c1-12(2)31(28,29)15-5-3-13(4-6-15)16-11-23-18(22)17(24-16)19-25-26-20(30-19)27-9-7-14(21)8-10-27/h3-6,11-12,14H,7-10,21H2,1-2H3,(H2,22,23). The highest BCUT2D eigenvalue weighted by Gasteiger charge is 2.23. The number of sulfone groups is 1. The van der Waals surface area contributed by atoms with Gasteiger partial charge in [0, 0.05) is 24.7 Å². The summed E-state index contributed by atoms with van der Waals surface area (Å²) in [7, 11) is -3.35. The van der Waals surface area contributed by atoms with Crippen molar-refractivity contribution in [2.75, 3.05) is 23.7 Å². The van der Waals surface area contributed by atoms with Crippen LogP contribution in [0.15, 0.2) is 39.8 Å². The Hall–Kier alpha value is -3.05. The van der Waals surface area contributed by atoms with Crippen LogP contribution in [0.2, 0.25) is 0 Å². The quantitative estimate of drug-likeness (QED) is 0.597. The van der Waals surface area contributed by atoms with Gasteiger partial charge in [-0.05, 0) is 38.8 Å². The van der Waals surface area contributed by atoms with Crippen molar-refractivity contribution >= 4 is 21.7 Å². The minimum Gasteiger partial charge on any atom is -0.401 e. The van der Waals surface area contributed by atoms with Crippen LogP contribution >= 0.6 is 0 Å². The van der Waals surface area contributed by atoms with Crippen molar-refractivity contribution in [1.82, 2.24) is 20.2 Å². The van der Waals surface area contributed by atoms with Gasteiger partial charge < -0.3 is 20.8 Å². The van der Waals surface area contributed by atoms with E-state index in [9.17, 15) is 8.42 Å². The van der Waals surface area contributed by atoms with E-state index in [1.54, 1.807) is 38.1 Å². The summed E-state index contributed by atoms with van der Waals surface area (Å²) in [5.74, 6) is 0.342. The molecule has 0 atom stereocenters. The van der Waals surface area contributed by atoms with Gasteiger partial charge in [0.25, 0.3) is 5.89 Å². The molecule has 11 heteroatoms. The zero-order valence-corrected chi connectivity index (χ0v) is 18.2. The SMILES string of the molecule is CC(C)S(=O)(=O)c1ccc(-c2cnc(N)c(-c3nnc(N4CCC(N)CC4)o3)n2)cc1. The molecule has 4 N–H and O–H groups in total. The van der Waals surface area contributed by atoms with Crippen molar-refractivity contribution in [3.05, 3.63) is 30.5 Å². The second kappa shape index (κ2) is 8.23. The normalized spacial score (nSPS) is 15.5. The highest BCUT2D eigenvalue weighted by atomic mass is 32.2. The van der Waals surface area contributed by atoms with Crippen molar-refractivity contribution in [2.24, 2.45) is 5.73 Å². The van der Waals surface area contributed by atoms with Gasteiger partial charge in [-0.25, -0.2) is 18.4 Å². The molecule has 0 saturated carbocycles. The van der Waals surface area contributed by atoms with Crippen LogP contribution < -0.4 is 16.4 Å². The predicted octanol–water partition coefficient (Wildman–Crippen LogP) is 1.89. The van der Waals surface area contributed by atoms with E-state index >= 15 is 0 Å². The number of nitrogen functional groups attached to an aromatic ring is 1. The molecule has 0 aliphatic carbocycles. The number of aromatic nitrogens is 4. The van der Waals surface area contributed by atoms with E-state index in [1.807, 2.05) is 4.90 Å². The van der Waals surface area contributed by atoms with E-state index in [4.69, 9.17) is 15.9 Å². The summed E-state index contributed by atoms with van der Waals surface area (Å²) < 4.78 is 30.5. The first-order chi connectivity index (χ1) is 14.8. The topological polar surface area (TPSA) is 154 Å². The molecule has 10 nitrogen and oxygen atoms in total. The average molecular weight is 444 g/mol. The maximum atomic E-state index is 12.3. The summed E-state index contributed by atoms with van der Waals surface area (Å²) in [6.45, 7) is 4.79. The molecule has 1 fully saturated rings. The Morgan fingerprint density at radius 2 is 1.81 bits per heavy atom. The Kier molecular flexibility index (Phi) is 5.63. The zero-order valence-electron chi connectivity index (χ0n) is 17.4. The lowest BCUT2D eigenvalue weighted by Gasteiger charge is -2.28. The lowest BCUT2D eigenvalue weighted by atomic mass is 10.1. The van der Waals surface area contributed by atoms with E-state index in [2.05, 4.69) is 20.2 Å². The first kappa shape index (κ1) is 21.2. The molecular formula is C20H25N7O3S. The third-order valence-corrected chi connectivity index (χ3v) is 7.50. The van der Waals surface area contributed by atoms with E-state index in [1.165, 1.54) is 6.20 Å². The number of nitrogens with two attached hydrogens (primary N) is 2. The molecule has 0 amide bonds. The lowest BCUT2D eigenvalue weighted by molar-refractivity contribution is 0.460. The van der Waals surface area contributed by atoms with Crippen molar-refractivity contribution in [2.45, 2.75) is 42.9 Å². The van der Waals surface area contributed by atoms with Gasteiger partial charge in [-0.3, -0.25) is 0 Å². The number of rotatable bonds is 5. The highest BCUT2D eigenvalue weighted by Crippen LogP contribution is 2.28. The van der Waals surface area contributed by atoms with Crippen molar-refractivity contribution < 1.29 is 12.8 Å². The van der Waals surface area contributed by atoms with E-state index < -0.39 is 15.1 Å². The maximum absolute atomic E-state index is 12.3. The highest BCUT2D eigenvalue weighted by molar-refractivity contribution is 7.92. The number of anilines is 2. The molecule has 1 aromatic carbocycles. The Morgan fingerprint density at radius 3 is 2.45 bits per heavy atom. The van der Waals surface area contributed by atoms with Crippen LogP contribution in [0.3, 0.4) is 0 Å². The van der Waals surface area contributed by atoms with Gasteiger partial charge in [0.1, 0.15) is 0 Å². The first-order valence-electron chi connectivity index (χ1n) is 10.1. The molecule has 4 rings (SSSR count). The predicted molar refractivity (Wildman–Crippen MR) is 117 cm³/mol. The Balaban J connectivity index is 1.61. The van der Waals surface area contributed by atoms with E-state index in [-0.39, 0.29) is 28.3 Å². The van der Waals surface area contributed by atoms with Gasteiger partial charge in [0.15, 0.2) is 21.3 Å². The number of benzene rings is 1. The molecular weight excluding hydrogens is 418 g/mol. The van der Waals surface area contributed by atoms with Gasteiger partial charge in [-0.15, -0.1) is 5.10 Å². The largest absolute Gasteiger partial charge is 0.401 e. The molecule has 3 heterocycles. The smallest absolute Gasteiger partial charge is 0.318 e. The molecule has 0 spiro atoms. The van der Waals surface area contributed by atoms with Gasteiger partial charge in [-0.1, -0.05) is 17.2 Å². The molecule has 0 radical (unpaired) electrons. The molecule has 164 valence electrons. The summed E-state index contributed by atoms with van der Waals surface area (Å²) >= 11 is 0. The van der Waals surface area contributed by atoms with Gasteiger partial charge in [0.2, 0.25) is 0 Å². The van der Waals surface area contributed by atoms with Crippen LogP contribution in [0.25, 0.3) is 22.8 Å². The second-order valence-electron chi connectivity index (χ2n) is 7.82. The van der Waals surface area contributed by atoms with Crippen molar-refractivity contribution in [1.29, 1.82) is 0 Å². The van der Waals surface area contributed by atoms with Crippen LogP contribution in [0.1, 0.15) is 26.7 Å². The number of hydrogen-bond acceptors (Lipinski definition) is 10. The van der Waals surface area contributed by atoms with Crippen LogP contribution in [-0.2, 0) is 9.84 Å². The molecule has 1 aliphatic rings. The molecule has 31 heavy (non-hydrogen) atoms. The Bertz CT molecular complexity index is 1170. The van der Waals surface area contributed by atoms with Crippen LogP contribution in [0.5, 0.6) is 0 Å². The summed E-state index contributed by atoms with van der Waals surface area (Å²) in [6, 6.07) is 7.10. The summed E-state index contributed by atoms with van der Waals surface area (Å²) in [5, 5.41) is 7.71. The zero-order chi connectivity index (χ0) is 22.2. The Morgan fingerprint density at radius 1 is 1.13 bits per heavy atom. The number of piperidine rings is 1. The summed E-state index contributed by atoms with van der Waals surface area (Å²) in [4.78, 5) is 11.0. The van der Waals surface area contributed by atoms with E-state index in [0.29, 0.717) is 17.3 Å². The summed E-state index contributed by atoms with van der Waals surface area (Å²) in [5.41, 5.74) is 13.5. The molecule has 1 aliphatic heterocycles. The fourth-order valence-corrected chi connectivity index (χ4v) is 4.37. The first-order valence-corrected chi connectivity index (χ1v) is 11.6. The van der Waals surface area contributed by atoms with Crippen molar-refractivity contribution in [3.8, 4) is 22.8 Å². The fourth-order valence-electron chi connectivity index (χ4n) is 3.31. The molecule has 1 saturated heterocycles. The third-order valence-electron chi connectivity index (χ3n) is 5.33. The molecule has 0 bridgehead atoms. The lowest BCUT2D eigenvalue weighted by Crippen LogP contribution is -2.39. The maximum Gasteiger partial charge on any atom is 0.318 e. The minimum atomic E-state index is -3.35. The van der Waals surface area contributed by atoms with Gasteiger partial charge >= 0.3 is 6.01 Å². The van der Waals surface area contributed by atoms with E-state index in [0.717, 1.165) is 25.9 Å². The third kappa shape index (κ3) is 4.23. The fraction of sp³-hybridized carbons (Fsp3) is 0.400. The van der Waals surface area contributed by atoms with Crippen LogP contribution in [0, 0.1) is 0 Å². The Labute approximate surface area is 180 Å². The van der Waals surface area contributed by atoms with Crippen molar-refractivity contribution in [3.63, 3.8) is 0 Å². The number of hydrogen-bond donors (Lipinski definition) is 2.